The van der Waals surface area contributed by atoms with Crippen molar-refractivity contribution in [1.82, 2.24) is 0 Å². The van der Waals surface area contributed by atoms with Gasteiger partial charge < -0.3 is 26.4 Å². The van der Waals surface area contributed by atoms with Gasteiger partial charge >= 0.3 is 0 Å². The molecule has 0 heterocycles. The van der Waals surface area contributed by atoms with Gasteiger partial charge in [0.05, 0.1) is 11.7 Å². The summed E-state index contributed by atoms with van der Waals surface area (Å²) < 4.78 is 5.75. The quantitative estimate of drug-likeness (QED) is 0.527. The topological polar surface area (TPSA) is 102 Å². The molecule has 0 saturated carbocycles. The number of benzene rings is 1. The molecule has 0 fully saturated rings. The molecule has 126 valence electrons. The molecule has 0 bridgehead atoms. The third kappa shape index (κ3) is 5.57. The van der Waals surface area contributed by atoms with E-state index in [4.69, 9.17) is 16.2 Å². The maximum atomic E-state index is 10.6. The Balaban J connectivity index is 2.73. The van der Waals surface area contributed by atoms with Crippen molar-refractivity contribution in [3.8, 4) is 5.75 Å². The van der Waals surface area contributed by atoms with Gasteiger partial charge in [-0.1, -0.05) is 38.8 Å². The third-order valence-corrected chi connectivity index (χ3v) is 3.82. The van der Waals surface area contributed by atoms with Gasteiger partial charge in [-0.15, -0.1) is 0 Å². The van der Waals surface area contributed by atoms with Crippen LogP contribution < -0.4 is 16.2 Å². The molecule has 0 saturated heterocycles. The predicted molar refractivity (Wildman–Crippen MR) is 88.7 cm³/mol. The highest BCUT2D eigenvalue weighted by Crippen LogP contribution is 2.24. The lowest BCUT2D eigenvalue weighted by atomic mass is 9.94. The first-order chi connectivity index (χ1) is 10.5. The van der Waals surface area contributed by atoms with E-state index in [1.807, 2.05) is 19.9 Å². The Morgan fingerprint density at radius 3 is 2.41 bits per heavy atom. The molecule has 0 aliphatic carbocycles. The van der Waals surface area contributed by atoms with Gasteiger partial charge in [0.2, 0.25) is 0 Å². The summed E-state index contributed by atoms with van der Waals surface area (Å²) in [6.07, 6.45) is 2.41. The van der Waals surface area contributed by atoms with Crippen LogP contribution >= 0.6 is 0 Å². The van der Waals surface area contributed by atoms with Gasteiger partial charge in [0.25, 0.3) is 0 Å². The average molecular weight is 310 g/mol. The molecule has 22 heavy (non-hydrogen) atoms. The van der Waals surface area contributed by atoms with Crippen molar-refractivity contribution >= 4 is 0 Å². The second-order valence-corrected chi connectivity index (χ2v) is 5.93. The number of hydrogen-bond donors (Lipinski definition) is 4. The molecule has 0 radical (unpaired) electrons. The van der Waals surface area contributed by atoms with Gasteiger partial charge in [-0.25, -0.2) is 0 Å². The smallest absolute Gasteiger partial charge is 0.119 e. The zero-order valence-corrected chi connectivity index (χ0v) is 13.7. The summed E-state index contributed by atoms with van der Waals surface area (Å²) in [5.74, 6) is 0.617. The van der Waals surface area contributed by atoms with Crippen LogP contribution in [0.2, 0.25) is 0 Å². The Labute approximate surface area is 133 Å². The largest absolute Gasteiger partial charge is 0.491 e. The minimum Gasteiger partial charge on any atom is -0.491 e. The van der Waals surface area contributed by atoms with Crippen LogP contribution in [0.15, 0.2) is 24.3 Å². The fraction of sp³-hybridized carbons (Fsp3) is 0.647. The van der Waals surface area contributed by atoms with E-state index in [0.717, 1.165) is 12.8 Å². The van der Waals surface area contributed by atoms with E-state index in [1.54, 1.807) is 18.2 Å². The molecule has 0 aliphatic rings. The van der Waals surface area contributed by atoms with Crippen LogP contribution in [0.25, 0.3) is 0 Å². The first-order valence-corrected chi connectivity index (χ1v) is 8.04. The minimum atomic E-state index is -0.821. The van der Waals surface area contributed by atoms with E-state index < -0.39 is 17.7 Å². The van der Waals surface area contributed by atoms with E-state index >= 15 is 0 Å². The number of aliphatic hydroxyl groups is 2. The second-order valence-electron chi connectivity index (χ2n) is 5.93. The summed E-state index contributed by atoms with van der Waals surface area (Å²) in [7, 11) is 0. The van der Waals surface area contributed by atoms with Crippen molar-refractivity contribution in [1.29, 1.82) is 0 Å². The van der Waals surface area contributed by atoms with Crippen molar-refractivity contribution in [2.75, 3.05) is 13.2 Å². The van der Waals surface area contributed by atoms with Crippen molar-refractivity contribution in [3.63, 3.8) is 0 Å². The van der Waals surface area contributed by atoms with Gasteiger partial charge in [0, 0.05) is 12.6 Å². The maximum Gasteiger partial charge on any atom is 0.119 e. The molecule has 0 aromatic heterocycles. The summed E-state index contributed by atoms with van der Waals surface area (Å²) in [6, 6.07) is 6.64. The molecular formula is C17H30N2O3. The molecule has 5 heteroatoms. The Hall–Kier alpha value is -1.14. The third-order valence-electron chi connectivity index (χ3n) is 3.82. The van der Waals surface area contributed by atoms with E-state index in [-0.39, 0.29) is 13.2 Å². The molecule has 2 atom stereocenters. The van der Waals surface area contributed by atoms with Crippen molar-refractivity contribution in [3.05, 3.63) is 29.8 Å². The number of aliphatic hydroxyl groups excluding tert-OH is 1. The number of hydrogen-bond acceptors (Lipinski definition) is 5. The van der Waals surface area contributed by atoms with Crippen LogP contribution in [0.3, 0.4) is 0 Å². The number of ether oxygens (including phenoxy) is 1. The highest BCUT2D eigenvalue weighted by Gasteiger charge is 2.26. The zero-order valence-electron chi connectivity index (χ0n) is 13.7. The lowest BCUT2D eigenvalue weighted by Gasteiger charge is -2.27. The standard InChI is InChI=1S/C17H30N2O3/c1-3-8-17(21,9-4-2)12-22-14-7-5-6-13(10-14)16(20)15(19)11-18/h5-7,10,15-16,20-21H,3-4,8-9,11-12,18-19H2,1-2H3/t15-,16?/m1/s1. The van der Waals surface area contributed by atoms with Crippen LogP contribution in [0.4, 0.5) is 0 Å². The first kappa shape index (κ1) is 18.9. The Kier molecular flexibility index (Phi) is 7.82. The van der Waals surface area contributed by atoms with Crippen LogP contribution in [0.5, 0.6) is 5.75 Å². The summed E-state index contributed by atoms with van der Waals surface area (Å²) in [5.41, 5.74) is 11.1. The molecule has 1 aromatic carbocycles. The summed E-state index contributed by atoms with van der Waals surface area (Å²) in [4.78, 5) is 0. The van der Waals surface area contributed by atoms with Crippen LogP contribution in [-0.2, 0) is 0 Å². The molecule has 6 N–H and O–H groups in total. The van der Waals surface area contributed by atoms with Gasteiger partial charge in [0.1, 0.15) is 12.4 Å². The normalized spacial score (nSPS) is 14.6. The Bertz CT molecular complexity index is 434. The first-order valence-electron chi connectivity index (χ1n) is 8.04. The lowest BCUT2D eigenvalue weighted by Crippen LogP contribution is -2.36. The molecule has 1 unspecified atom stereocenters. The van der Waals surface area contributed by atoms with E-state index in [9.17, 15) is 10.2 Å². The average Bonchev–Trinajstić information content (AvgIpc) is 2.52. The lowest BCUT2D eigenvalue weighted by molar-refractivity contribution is -0.0202. The van der Waals surface area contributed by atoms with Gasteiger partial charge in [-0.3, -0.25) is 0 Å². The highest BCUT2D eigenvalue weighted by atomic mass is 16.5. The second kappa shape index (κ2) is 9.10. The molecule has 5 nitrogen and oxygen atoms in total. The Morgan fingerprint density at radius 1 is 1.23 bits per heavy atom. The summed E-state index contributed by atoms with van der Waals surface area (Å²) >= 11 is 0. The molecule has 1 aromatic rings. The minimum absolute atomic E-state index is 0.207. The Morgan fingerprint density at radius 2 is 1.86 bits per heavy atom. The number of rotatable bonds is 10. The predicted octanol–water partition coefficient (Wildman–Crippen LogP) is 1.72. The fourth-order valence-corrected chi connectivity index (χ4v) is 2.58. The van der Waals surface area contributed by atoms with Crippen molar-refractivity contribution in [2.24, 2.45) is 11.5 Å². The van der Waals surface area contributed by atoms with E-state index in [2.05, 4.69) is 0 Å². The van der Waals surface area contributed by atoms with Crippen LogP contribution in [0.1, 0.15) is 51.2 Å². The highest BCUT2D eigenvalue weighted by molar-refractivity contribution is 5.30. The fourth-order valence-electron chi connectivity index (χ4n) is 2.58. The summed E-state index contributed by atoms with van der Waals surface area (Å²) in [5, 5.41) is 20.7. The zero-order chi connectivity index (χ0) is 16.6. The van der Waals surface area contributed by atoms with Gasteiger partial charge in [-0.2, -0.15) is 0 Å². The molecule has 0 aliphatic heterocycles. The van der Waals surface area contributed by atoms with Crippen molar-refractivity contribution < 1.29 is 14.9 Å². The van der Waals surface area contributed by atoms with Crippen LogP contribution in [-0.4, -0.2) is 35.0 Å². The number of nitrogens with two attached hydrogens (primary N) is 2. The van der Waals surface area contributed by atoms with Crippen LogP contribution in [0, 0.1) is 0 Å². The van der Waals surface area contributed by atoms with E-state index in [0.29, 0.717) is 24.2 Å². The molecule has 0 amide bonds. The molecule has 0 spiro atoms. The van der Waals surface area contributed by atoms with Gasteiger partial charge in [0.15, 0.2) is 0 Å². The monoisotopic (exact) mass is 310 g/mol. The SMILES string of the molecule is CCCC(O)(CCC)COc1cccc(C(O)[C@H](N)CN)c1. The summed E-state index contributed by atoms with van der Waals surface area (Å²) in [6.45, 7) is 4.55. The molecular weight excluding hydrogens is 280 g/mol. The molecule has 1 rings (SSSR count). The maximum absolute atomic E-state index is 10.6. The van der Waals surface area contributed by atoms with Crippen molar-refractivity contribution in [2.45, 2.75) is 57.3 Å². The van der Waals surface area contributed by atoms with E-state index in [1.165, 1.54) is 0 Å². The van der Waals surface area contributed by atoms with Gasteiger partial charge in [-0.05, 0) is 30.5 Å².